The van der Waals surface area contributed by atoms with Crippen molar-refractivity contribution in [3.8, 4) is 0 Å². The quantitative estimate of drug-likeness (QED) is 0.608. The number of sulfone groups is 1. The highest BCUT2D eigenvalue weighted by Crippen LogP contribution is 2.41. The lowest BCUT2D eigenvalue weighted by Crippen LogP contribution is -2.38. The molecule has 0 radical (unpaired) electrons. The zero-order valence-corrected chi connectivity index (χ0v) is 16.1. The van der Waals surface area contributed by atoms with E-state index in [0.717, 1.165) is 42.3 Å². The number of nitrogens with zero attached hydrogens (tertiary/aromatic N) is 3. The number of rotatable bonds is 7. The summed E-state index contributed by atoms with van der Waals surface area (Å²) < 4.78 is 25.6. The first-order valence-electron chi connectivity index (χ1n) is 7.15. The highest BCUT2D eigenvalue weighted by molar-refractivity contribution is 9.09. The van der Waals surface area contributed by atoms with Crippen molar-refractivity contribution in [2.45, 2.75) is 32.7 Å². The Morgan fingerprint density at radius 2 is 2.14 bits per heavy atom. The molecule has 1 aromatic rings. The lowest BCUT2D eigenvalue weighted by atomic mass is 9.75. The van der Waals surface area contributed by atoms with Crippen LogP contribution in [0.25, 0.3) is 0 Å². The molecule has 0 N–H and O–H groups in total. The van der Waals surface area contributed by atoms with Crippen LogP contribution < -0.4 is 0 Å². The van der Waals surface area contributed by atoms with Crippen LogP contribution in [0.2, 0.25) is 0 Å². The van der Waals surface area contributed by atoms with Gasteiger partial charge in [-0.2, -0.15) is 5.10 Å². The molecule has 0 bridgehead atoms. The monoisotopic (exact) mass is 441 g/mol. The minimum Gasteiger partial charge on any atom is -0.250 e. The molecule has 21 heavy (non-hydrogen) atoms. The van der Waals surface area contributed by atoms with Gasteiger partial charge in [-0.15, -0.1) is 0 Å². The van der Waals surface area contributed by atoms with Gasteiger partial charge in [-0.25, -0.2) is 13.4 Å². The van der Waals surface area contributed by atoms with E-state index in [1.165, 1.54) is 0 Å². The van der Waals surface area contributed by atoms with E-state index in [1.807, 2.05) is 4.68 Å². The van der Waals surface area contributed by atoms with Gasteiger partial charge in [0.1, 0.15) is 12.2 Å². The SMILES string of the molecule is CCCn1ncnc1CC(CBr)(CBr)C1CCS(=O)(=O)C1. The predicted molar refractivity (Wildman–Crippen MR) is 90.8 cm³/mol. The molecule has 0 saturated carbocycles. The Bertz CT molecular complexity index is 570. The highest BCUT2D eigenvalue weighted by atomic mass is 79.9. The van der Waals surface area contributed by atoms with Crippen LogP contribution in [0.15, 0.2) is 6.33 Å². The Kier molecular flexibility index (Phi) is 5.87. The summed E-state index contributed by atoms with van der Waals surface area (Å²) in [7, 11) is -2.88. The third-order valence-electron chi connectivity index (χ3n) is 4.27. The van der Waals surface area contributed by atoms with E-state index in [2.05, 4.69) is 48.9 Å². The van der Waals surface area contributed by atoms with Crippen LogP contribution >= 0.6 is 31.9 Å². The van der Waals surface area contributed by atoms with E-state index >= 15 is 0 Å². The second-order valence-corrected chi connectivity index (χ2v) is 9.16. The number of aryl methyl sites for hydroxylation is 1. The van der Waals surface area contributed by atoms with E-state index in [9.17, 15) is 8.42 Å². The first-order valence-corrected chi connectivity index (χ1v) is 11.2. The van der Waals surface area contributed by atoms with E-state index in [0.29, 0.717) is 5.75 Å². The molecule has 0 spiro atoms. The van der Waals surface area contributed by atoms with Gasteiger partial charge in [0.2, 0.25) is 0 Å². The topological polar surface area (TPSA) is 64.8 Å². The second kappa shape index (κ2) is 7.08. The zero-order valence-electron chi connectivity index (χ0n) is 12.1. The maximum atomic E-state index is 11.8. The van der Waals surface area contributed by atoms with Gasteiger partial charge >= 0.3 is 0 Å². The van der Waals surface area contributed by atoms with Crippen molar-refractivity contribution >= 4 is 41.7 Å². The van der Waals surface area contributed by atoms with Crippen molar-refractivity contribution in [2.75, 3.05) is 22.2 Å². The fourth-order valence-electron chi connectivity index (χ4n) is 2.91. The summed E-state index contributed by atoms with van der Waals surface area (Å²) >= 11 is 7.22. The normalized spacial score (nSPS) is 21.8. The summed E-state index contributed by atoms with van der Waals surface area (Å²) in [5.74, 6) is 1.70. The van der Waals surface area contributed by atoms with Gasteiger partial charge < -0.3 is 0 Å². The first-order chi connectivity index (χ1) is 9.96. The number of alkyl halides is 2. The molecule has 120 valence electrons. The number of hydrogen-bond acceptors (Lipinski definition) is 4. The second-order valence-electron chi connectivity index (χ2n) is 5.81. The van der Waals surface area contributed by atoms with E-state index < -0.39 is 9.84 Å². The molecule has 2 rings (SSSR count). The lowest BCUT2D eigenvalue weighted by molar-refractivity contribution is 0.244. The average Bonchev–Trinajstić information content (AvgIpc) is 3.03. The molecule has 1 aliphatic rings. The largest absolute Gasteiger partial charge is 0.250 e. The molecule has 1 saturated heterocycles. The molecule has 0 aromatic carbocycles. The molecule has 0 amide bonds. The fraction of sp³-hybridized carbons (Fsp3) is 0.846. The van der Waals surface area contributed by atoms with Crippen LogP contribution in [0.4, 0.5) is 0 Å². The third kappa shape index (κ3) is 3.88. The minimum absolute atomic E-state index is 0.137. The van der Waals surface area contributed by atoms with Gasteiger partial charge in [0.15, 0.2) is 9.84 Å². The Hall–Kier alpha value is 0.0500. The van der Waals surface area contributed by atoms with Crippen LogP contribution in [0.5, 0.6) is 0 Å². The van der Waals surface area contributed by atoms with Crippen LogP contribution in [0.3, 0.4) is 0 Å². The Morgan fingerprint density at radius 1 is 1.43 bits per heavy atom. The fourth-order valence-corrected chi connectivity index (χ4v) is 7.09. The molecule has 8 heteroatoms. The van der Waals surface area contributed by atoms with Gasteiger partial charge in [0, 0.05) is 29.0 Å². The van der Waals surface area contributed by atoms with Crippen molar-refractivity contribution < 1.29 is 8.42 Å². The van der Waals surface area contributed by atoms with Crippen molar-refractivity contribution in [1.82, 2.24) is 14.8 Å². The highest BCUT2D eigenvalue weighted by Gasteiger charge is 2.44. The van der Waals surface area contributed by atoms with Gasteiger partial charge in [0.25, 0.3) is 0 Å². The molecular formula is C13H21Br2N3O2S. The lowest BCUT2D eigenvalue weighted by Gasteiger charge is -2.35. The van der Waals surface area contributed by atoms with Crippen LogP contribution in [-0.4, -0.2) is 45.3 Å². The standard InChI is InChI=1S/C13H21Br2N3O2S/c1-2-4-18-12(16-10-17-18)6-13(8-14,9-15)11-3-5-21(19,20)7-11/h10-11H,2-9H2,1H3. The molecule has 2 heterocycles. The van der Waals surface area contributed by atoms with Crippen molar-refractivity contribution in [1.29, 1.82) is 0 Å². The third-order valence-corrected chi connectivity index (χ3v) is 8.27. The summed E-state index contributed by atoms with van der Waals surface area (Å²) in [4.78, 5) is 4.38. The number of hydrogen-bond donors (Lipinski definition) is 0. The maximum Gasteiger partial charge on any atom is 0.150 e. The molecule has 1 aliphatic heterocycles. The molecule has 1 unspecified atom stereocenters. The smallest absolute Gasteiger partial charge is 0.150 e. The molecule has 0 aliphatic carbocycles. The minimum atomic E-state index is -2.88. The van der Waals surface area contributed by atoms with E-state index in [4.69, 9.17) is 0 Å². The van der Waals surface area contributed by atoms with Gasteiger partial charge in [0.05, 0.1) is 11.5 Å². The first kappa shape index (κ1) is 17.4. The maximum absolute atomic E-state index is 11.8. The zero-order chi connectivity index (χ0) is 15.5. The Labute approximate surface area is 143 Å². The van der Waals surface area contributed by atoms with Crippen molar-refractivity contribution in [2.24, 2.45) is 11.3 Å². The number of halogens is 2. The summed E-state index contributed by atoms with van der Waals surface area (Å²) in [6.07, 6.45) is 4.07. The van der Waals surface area contributed by atoms with Crippen LogP contribution in [-0.2, 0) is 22.8 Å². The summed E-state index contributed by atoms with van der Waals surface area (Å²) in [6, 6.07) is 0. The number of aromatic nitrogens is 3. The van der Waals surface area contributed by atoms with Crippen LogP contribution in [0, 0.1) is 11.3 Å². The average molecular weight is 443 g/mol. The Morgan fingerprint density at radius 3 is 2.67 bits per heavy atom. The summed E-state index contributed by atoms with van der Waals surface area (Å²) in [5.41, 5.74) is -0.137. The van der Waals surface area contributed by atoms with Crippen molar-refractivity contribution in [3.05, 3.63) is 12.2 Å². The van der Waals surface area contributed by atoms with E-state index in [-0.39, 0.29) is 17.1 Å². The summed E-state index contributed by atoms with van der Waals surface area (Å²) in [5, 5.41) is 5.78. The molecule has 1 fully saturated rings. The van der Waals surface area contributed by atoms with Crippen LogP contribution in [0.1, 0.15) is 25.6 Å². The van der Waals surface area contributed by atoms with E-state index in [1.54, 1.807) is 6.33 Å². The van der Waals surface area contributed by atoms with Gasteiger partial charge in [-0.05, 0) is 18.8 Å². The Balaban J connectivity index is 2.24. The predicted octanol–water partition coefficient (Wildman–Crippen LogP) is 2.44. The molecule has 5 nitrogen and oxygen atoms in total. The van der Waals surface area contributed by atoms with Crippen molar-refractivity contribution in [3.63, 3.8) is 0 Å². The molecule has 1 aromatic heterocycles. The molecule has 1 atom stereocenters. The van der Waals surface area contributed by atoms with Gasteiger partial charge in [-0.1, -0.05) is 38.8 Å². The molecular weight excluding hydrogens is 422 g/mol. The van der Waals surface area contributed by atoms with Gasteiger partial charge in [-0.3, -0.25) is 4.68 Å². The summed E-state index contributed by atoms with van der Waals surface area (Å²) in [6.45, 7) is 2.95.